The van der Waals surface area contributed by atoms with Crippen molar-refractivity contribution < 1.29 is 22.3 Å². The SMILES string of the molecule is CNC1CCN(S(=O)(=O)c2ccc(F)cc2C(=O)OC)CC1.Cl. The molecule has 9 heteroatoms. The van der Waals surface area contributed by atoms with Crippen LogP contribution in [0.5, 0.6) is 0 Å². The topological polar surface area (TPSA) is 75.7 Å². The number of piperidine rings is 1. The van der Waals surface area contributed by atoms with Crippen LogP contribution in [-0.2, 0) is 14.8 Å². The zero-order valence-corrected chi connectivity index (χ0v) is 14.5. The van der Waals surface area contributed by atoms with Gasteiger partial charge in [0.15, 0.2) is 0 Å². The number of benzene rings is 1. The van der Waals surface area contributed by atoms with E-state index >= 15 is 0 Å². The van der Waals surface area contributed by atoms with E-state index in [4.69, 9.17) is 0 Å². The van der Waals surface area contributed by atoms with E-state index < -0.39 is 21.8 Å². The number of ether oxygens (including phenoxy) is 1. The molecule has 23 heavy (non-hydrogen) atoms. The fourth-order valence-electron chi connectivity index (χ4n) is 2.52. The highest BCUT2D eigenvalue weighted by atomic mass is 35.5. The van der Waals surface area contributed by atoms with E-state index in [2.05, 4.69) is 10.1 Å². The van der Waals surface area contributed by atoms with Gasteiger partial charge in [-0.2, -0.15) is 4.31 Å². The second-order valence-electron chi connectivity index (χ2n) is 5.10. The number of esters is 1. The molecule has 130 valence electrons. The minimum atomic E-state index is -3.86. The summed E-state index contributed by atoms with van der Waals surface area (Å²) >= 11 is 0. The Morgan fingerprint density at radius 1 is 1.35 bits per heavy atom. The molecule has 0 aliphatic carbocycles. The number of nitrogens with zero attached hydrogens (tertiary/aromatic N) is 1. The summed E-state index contributed by atoms with van der Waals surface area (Å²) in [5.74, 6) is -1.56. The van der Waals surface area contributed by atoms with Crippen LogP contribution in [0.2, 0.25) is 0 Å². The Morgan fingerprint density at radius 2 is 1.96 bits per heavy atom. The summed E-state index contributed by atoms with van der Waals surface area (Å²) < 4.78 is 44.6. The number of nitrogens with one attached hydrogen (secondary N) is 1. The number of sulfonamides is 1. The maximum atomic E-state index is 13.3. The number of rotatable bonds is 4. The molecule has 0 radical (unpaired) electrons. The molecule has 0 amide bonds. The van der Waals surface area contributed by atoms with Crippen molar-refractivity contribution in [1.82, 2.24) is 9.62 Å². The summed E-state index contributed by atoms with van der Waals surface area (Å²) in [4.78, 5) is 11.5. The van der Waals surface area contributed by atoms with E-state index in [1.165, 1.54) is 4.31 Å². The summed E-state index contributed by atoms with van der Waals surface area (Å²) in [5, 5.41) is 3.12. The molecule has 1 aliphatic rings. The minimum Gasteiger partial charge on any atom is -0.465 e. The summed E-state index contributed by atoms with van der Waals surface area (Å²) in [6.45, 7) is 0.706. The molecule has 0 spiro atoms. The van der Waals surface area contributed by atoms with Crippen LogP contribution in [0.25, 0.3) is 0 Å². The summed E-state index contributed by atoms with van der Waals surface area (Å²) in [7, 11) is -0.894. The van der Waals surface area contributed by atoms with Crippen LogP contribution >= 0.6 is 12.4 Å². The van der Waals surface area contributed by atoms with E-state index in [0.29, 0.717) is 25.9 Å². The highest BCUT2D eigenvalue weighted by Crippen LogP contribution is 2.25. The Kier molecular flexibility index (Phi) is 6.94. The third-order valence-electron chi connectivity index (χ3n) is 3.83. The molecular formula is C14H20ClFN2O4S. The third kappa shape index (κ3) is 4.20. The molecule has 2 rings (SSSR count). The van der Waals surface area contributed by atoms with Crippen LogP contribution < -0.4 is 5.32 Å². The van der Waals surface area contributed by atoms with Crippen LogP contribution in [0, 0.1) is 5.82 Å². The first kappa shape index (κ1) is 19.8. The van der Waals surface area contributed by atoms with Gasteiger partial charge in [0.05, 0.1) is 17.6 Å². The molecule has 6 nitrogen and oxygen atoms in total. The van der Waals surface area contributed by atoms with Crippen LogP contribution in [0.1, 0.15) is 23.2 Å². The van der Waals surface area contributed by atoms with Gasteiger partial charge in [0.1, 0.15) is 5.82 Å². The number of halogens is 2. The molecule has 0 atom stereocenters. The first-order valence-corrected chi connectivity index (χ1v) is 8.39. The van der Waals surface area contributed by atoms with E-state index in [1.54, 1.807) is 0 Å². The second kappa shape index (κ2) is 8.05. The monoisotopic (exact) mass is 366 g/mol. The van der Waals surface area contributed by atoms with Gasteiger partial charge in [0, 0.05) is 19.1 Å². The number of hydrogen-bond donors (Lipinski definition) is 1. The van der Waals surface area contributed by atoms with Gasteiger partial charge in [0.25, 0.3) is 0 Å². The lowest BCUT2D eigenvalue weighted by Crippen LogP contribution is -2.44. The van der Waals surface area contributed by atoms with E-state index in [9.17, 15) is 17.6 Å². The van der Waals surface area contributed by atoms with Gasteiger partial charge >= 0.3 is 5.97 Å². The van der Waals surface area contributed by atoms with Gasteiger partial charge in [0.2, 0.25) is 10.0 Å². The van der Waals surface area contributed by atoms with Crippen molar-refractivity contribution in [3.8, 4) is 0 Å². The molecule has 0 aromatic heterocycles. The predicted molar refractivity (Wildman–Crippen MR) is 85.8 cm³/mol. The zero-order valence-electron chi connectivity index (χ0n) is 12.9. The number of methoxy groups -OCH3 is 1. The Hall–Kier alpha value is -1.22. The largest absolute Gasteiger partial charge is 0.465 e. The van der Waals surface area contributed by atoms with Gasteiger partial charge in [-0.25, -0.2) is 17.6 Å². The minimum absolute atomic E-state index is 0. The summed E-state index contributed by atoms with van der Waals surface area (Å²) in [5.41, 5.74) is -0.279. The fourth-order valence-corrected chi connectivity index (χ4v) is 4.15. The molecule has 1 aromatic rings. The lowest BCUT2D eigenvalue weighted by atomic mass is 10.1. The highest BCUT2D eigenvalue weighted by molar-refractivity contribution is 7.89. The molecule has 0 saturated carbocycles. The number of hydrogen-bond acceptors (Lipinski definition) is 5. The first-order valence-electron chi connectivity index (χ1n) is 6.95. The molecule has 0 unspecified atom stereocenters. The van der Waals surface area contributed by atoms with E-state index in [1.807, 2.05) is 7.05 Å². The molecule has 1 fully saturated rings. The summed E-state index contributed by atoms with van der Waals surface area (Å²) in [6.07, 6.45) is 1.37. The second-order valence-corrected chi connectivity index (χ2v) is 7.01. The van der Waals surface area contributed by atoms with Crippen LogP contribution in [0.4, 0.5) is 4.39 Å². The van der Waals surface area contributed by atoms with Crippen LogP contribution in [0.15, 0.2) is 23.1 Å². The average Bonchev–Trinajstić information content (AvgIpc) is 2.53. The lowest BCUT2D eigenvalue weighted by molar-refractivity contribution is 0.0595. The van der Waals surface area contributed by atoms with E-state index in [0.717, 1.165) is 25.3 Å². The molecule has 1 aliphatic heterocycles. The van der Waals surface area contributed by atoms with Crippen molar-refractivity contribution in [2.45, 2.75) is 23.8 Å². The van der Waals surface area contributed by atoms with Crippen LogP contribution in [-0.4, -0.2) is 52.0 Å². The predicted octanol–water partition coefficient (Wildman–Crippen LogP) is 1.41. The zero-order chi connectivity index (χ0) is 16.3. The maximum Gasteiger partial charge on any atom is 0.339 e. The maximum absolute atomic E-state index is 13.3. The normalized spacial score (nSPS) is 16.7. The van der Waals surface area contributed by atoms with E-state index in [-0.39, 0.29) is 28.9 Å². The highest BCUT2D eigenvalue weighted by Gasteiger charge is 2.32. The molecular weight excluding hydrogens is 347 g/mol. The molecule has 1 aromatic carbocycles. The van der Waals surface area contributed by atoms with Gasteiger partial charge in [-0.15, -0.1) is 12.4 Å². The van der Waals surface area contributed by atoms with Gasteiger partial charge in [-0.1, -0.05) is 0 Å². The molecule has 1 N–H and O–H groups in total. The Bertz CT molecular complexity index is 661. The molecule has 1 saturated heterocycles. The smallest absolute Gasteiger partial charge is 0.339 e. The van der Waals surface area contributed by atoms with Crippen molar-refractivity contribution in [1.29, 1.82) is 0 Å². The van der Waals surface area contributed by atoms with Gasteiger partial charge < -0.3 is 10.1 Å². The first-order chi connectivity index (χ1) is 10.4. The van der Waals surface area contributed by atoms with Crippen molar-refractivity contribution in [3.05, 3.63) is 29.6 Å². The van der Waals surface area contributed by atoms with Crippen LogP contribution in [0.3, 0.4) is 0 Å². The lowest BCUT2D eigenvalue weighted by Gasteiger charge is -2.31. The van der Waals surface area contributed by atoms with Gasteiger partial charge in [-0.05, 0) is 38.1 Å². The Balaban J connectivity index is 0.00000264. The van der Waals surface area contributed by atoms with Crippen molar-refractivity contribution >= 4 is 28.4 Å². The number of carbonyl (C=O) groups excluding carboxylic acids is 1. The molecule has 0 bridgehead atoms. The van der Waals surface area contributed by atoms with Crippen molar-refractivity contribution in [3.63, 3.8) is 0 Å². The summed E-state index contributed by atoms with van der Waals surface area (Å²) in [6, 6.07) is 3.31. The standard InChI is InChI=1S/C14H19FN2O4S.ClH/c1-16-11-5-7-17(8-6-11)22(19,20)13-4-3-10(15)9-12(13)14(18)21-2;/h3-4,9,11,16H,5-8H2,1-2H3;1H. The van der Waals surface area contributed by atoms with Crippen molar-refractivity contribution in [2.24, 2.45) is 0 Å². The third-order valence-corrected chi connectivity index (χ3v) is 5.78. The van der Waals surface area contributed by atoms with Gasteiger partial charge in [-0.3, -0.25) is 0 Å². The number of carbonyl (C=O) groups is 1. The fraction of sp³-hybridized carbons (Fsp3) is 0.500. The molecule has 1 heterocycles. The Morgan fingerprint density at radius 3 is 2.48 bits per heavy atom. The van der Waals surface area contributed by atoms with Crippen molar-refractivity contribution in [2.75, 3.05) is 27.2 Å². The average molecular weight is 367 g/mol. The Labute approximate surface area is 141 Å². The quantitative estimate of drug-likeness (QED) is 0.815.